The van der Waals surface area contributed by atoms with E-state index in [1.165, 1.54) is 0 Å². The summed E-state index contributed by atoms with van der Waals surface area (Å²) in [5, 5.41) is 8.87. The zero-order valence-electron chi connectivity index (χ0n) is 7.53. The Hall–Kier alpha value is -0.860. The van der Waals surface area contributed by atoms with Crippen LogP contribution in [0.1, 0.15) is 32.1 Å². The highest BCUT2D eigenvalue weighted by atomic mass is 16.4. The third-order valence-electron chi connectivity index (χ3n) is 3.40. The standard InChI is InChI=1S/C10H14O3/c11-9-6-2-1-3-7(9)5-8(4-6)10(12)13/h6-8H,1-5H2,(H,12,13)/t6-,7+,8+. The highest BCUT2D eigenvalue weighted by molar-refractivity contribution is 5.86. The zero-order chi connectivity index (χ0) is 9.42. The largest absolute Gasteiger partial charge is 0.481 e. The molecule has 0 heterocycles. The van der Waals surface area contributed by atoms with Crippen molar-refractivity contribution in [3.63, 3.8) is 0 Å². The topological polar surface area (TPSA) is 54.4 Å². The quantitative estimate of drug-likeness (QED) is 0.668. The van der Waals surface area contributed by atoms with E-state index in [2.05, 4.69) is 0 Å². The van der Waals surface area contributed by atoms with Gasteiger partial charge in [0.25, 0.3) is 0 Å². The second-order valence-corrected chi connectivity index (χ2v) is 4.23. The van der Waals surface area contributed by atoms with Crippen LogP contribution in [0.5, 0.6) is 0 Å². The van der Waals surface area contributed by atoms with Crippen LogP contribution in [0.25, 0.3) is 0 Å². The number of fused-ring (bicyclic) bond motifs is 2. The fourth-order valence-corrected chi connectivity index (χ4v) is 2.68. The smallest absolute Gasteiger partial charge is 0.306 e. The maximum atomic E-state index is 11.6. The van der Waals surface area contributed by atoms with Gasteiger partial charge in [-0.1, -0.05) is 6.42 Å². The fourth-order valence-electron chi connectivity index (χ4n) is 2.68. The first-order valence-electron chi connectivity index (χ1n) is 4.95. The van der Waals surface area contributed by atoms with Crippen LogP contribution in [-0.2, 0) is 9.59 Å². The monoisotopic (exact) mass is 182 g/mol. The molecule has 13 heavy (non-hydrogen) atoms. The average molecular weight is 182 g/mol. The van der Waals surface area contributed by atoms with Crippen molar-refractivity contribution in [3.8, 4) is 0 Å². The van der Waals surface area contributed by atoms with Crippen molar-refractivity contribution in [1.82, 2.24) is 0 Å². The highest BCUT2D eigenvalue weighted by Gasteiger charge is 2.41. The van der Waals surface area contributed by atoms with Gasteiger partial charge in [-0.05, 0) is 25.7 Å². The summed E-state index contributed by atoms with van der Waals surface area (Å²) in [5.74, 6) is -0.511. The Morgan fingerprint density at radius 3 is 2.23 bits per heavy atom. The molecule has 0 aliphatic heterocycles. The Balaban J connectivity index is 2.11. The average Bonchev–Trinajstić information content (AvgIpc) is 2.02. The van der Waals surface area contributed by atoms with Gasteiger partial charge in [-0.25, -0.2) is 0 Å². The molecule has 0 spiro atoms. The van der Waals surface area contributed by atoms with Gasteiger partial charge in [0.2, 0.25) is 0 Å². The minimum Gasteiger partial charge on any atom is -0.481 e. The van der Waals surface area contributed by atoms with Crippen molar-refractivity contribution in [2.75, 3.05) is 0 Å². The normalized spacial score (nSPS) is 38.8. The molecule has 2 saturated carbocycles. The fraction of sp³-hybridized carbons (Fsp3) is 0.800. The summed E-state index contributed by atoms with van der Waals surface area (Å²) in [6.45, 7) is 0. The van der Waals surface area contributed by atoms with Crippen LogP contribution in [0, 0.1) is 17.8 Å². The second-order valence-electron chi connectivity index (χ2n) is 4.23. The number of carboxylic acids is 1. The van der Waals surface area contributed by atoms with Gasteiger partial charge in [0.05, 0.1) is 5.92 Å². The minimum absolute atomic E-state index is 0.0635. The van der Waals surface area contributed by atoms with Gasteiger partial charge in [0.15, 0.2) is 0 Å². The molecule has 0 radical (unpaired) electrons. The Bertz CT molecular complexity index is 231. The first-order valence-corrected chi connectivity index (χ1v) is 4.95. The molecule has 72 valence electrons. The van der Waals surface area contributed by atoms with Crippen molar-refractivity contribution in [2.45, 2.75) is 32.1 Å². The Morgan fingerprint density at radius 1 is 1.23 bits per heavy atom. The van der Waals surface area contributed by atoms with Crippen LogP contribution in [0.15, 0.2) is 0 Å². The van der Waals surface area contributed by atoms with Gasteiger partial charge in [-0.15, -0.1) is 0 Å². The van der Waals surface area contributed by atoms with Crippen LogP contribution in [0.2, 0.25) is 0 Å². The van der Waals surface area contributed by atoms with Gasteiger partial charge >= 0.3 is 5.97 Å². The predicted molar refractivity (Wildman–Crippen MR) is 46.2 cm³/mol. The van der Waals surface area contributed by atoms with E-state index in [9.17, 15) is 9.59 Å². The van der Waals surface area contributed by atoms with Crippen LogP contribution in [0.4, 0.5) is 0 Å². The molecular formula is C10H14O3. The van der Waals surface area contributed by atoms with E-state index in [0.717, 1.165) is 19.3 Å². The number of carbonyl (C=O) groups is 2. The third-order valence-corrected chi connectivity index (χ3v) is 3.40. The molecule has 2 aliphatic carbocycles. The molecule has 0 unspecified atom stereocenters. The van der Waals surface area contributed by atoms with Gasteiger partial charge in [-0.3, -0.25) is 9.59 Å². The summed E-state index contributed by atoms with van der Waals surface area (Å²) in [5.41, 5.74) is 0. The number of rotatable bonds is 1. The van der Waals surface area contributed by atoms with Crippen molar-refractivity contribution in [2.24, 2.45) is 17.8 Å². The first-order chi connectivity index (χ1) is 6.18. The summed E-state index contributed by atoms with van der Waals surface area (Å²) in [7, 11) is 0. The van der Waals surface area contributed by atoms with Crippen LogP contribution >= 0.6 is 0 Å². The number of carboxylic acid groups (broad SMARTS) is 1. The maximum Gasteiger partial charge on any atom is 0.306 e. The lowest BCUT2D eigenvalue weighted by Crippen LogP contribution is -2.38. The summed E-state index contributed by atoms with van der Waals surface area (Å²) in [4.78, 5) is 22.4. The maximum absolute atomic E-state index is 11.6. The molecule has 3 atom stereocenters. The molecule has 2 fully saturated rings. The molecule has 0 aromatic heterocycles. The molecule has 3 heteroatoms. The molecule has 2 aliphatic rings. The summed E-state index contributed by atoms with van der Waals surface area (Å²) in [6.07, 6.45) is 4.11. The molecule has 1 N–H and O–H groups in total. The minimum atomic E-state index is -0.718. The van der Waals surface area contributed by atoms with E-state index < -0.39 is 5.97 Å². The van der Waals surface area contributed by atoms with Crippen molar-refractivity contribution in [1.29, 1.82) is 0 Å². The molecule has 0 aromatic carbocycles. The van der Waals surface area contributed by atoms with Crippen molar-refractivity contribution in [3.05, 3.63) is 0 Å². The molecule has 3 nitrogen and oxygen atoms in total. The van der Waals surface area contributed by atoms with Gasteiger partial charge in [-0.2, -0.15) is 0 Å². The number of carbonyl (C=O) groups excluding carboxylic acids is 1. The highest BCUT2D eigenvalue weighted by Crippen LogP contribution is 2.39. The van der Waals surface area contributed by atoms with Crippen molar-refractivity contribution < 1.29 is 14.7 Å². The lowest BCUT2D eigenvalue weighted by atomic mass is 9.67. The van der Waals surface area contributed by atoms with Crippen LogP contribution in [0.3, 0.4) is 0 Å². The Labute approximate surface area is 77.1 Å². The molecule has 0 aromatic rings. The van der Waals surface area contributed by atoms with Crippen molar-refractivity contribution >= 4 is 11.8 Å². The van der Waals surface area contributed by atoms with E-state index in [1.807, 2.05) is 0 Å². The van der Waals surface area contributed by atoms with Crippen LogP contribution in [-0.4, -0.2) is 16.9 Å². The molecular weight excluding hydrogens is 168 g/mol. The molecule has 2 bridgehead atoms. The summed E-state index contributed by atoms with van der Waals surface area (Å²) in [6, 6.07) is 0. The molecule has 2 rings (SSSR count). The zero-order valence-corrected chi connectivity index (χ0v) is 7.53. The van der Waals surface area contributed by atoms with Crippen LogP contribution < -0.4 is 0 Å². The lowest BCUT2D eigenvalue weighted by Gasteiger charge is -2.35. The predicted octanol–water partition coefficient (Wildman–Crippen LogP) is 1.47. The number of Topliss-reactive ketones (excluding diaryl/α,β-unsaturated/α-hetero) is 1. The number of hydrogen-bond acceptors (Lipinski definition) is 2. The Morgan fingerprint density at radius 2 is 1.77 bits per heavy atom. The molecule has 0 saturated heterocycles. The molecule has 0 amide bonds. The lowest BCUT2D eigenvalue weighted by molar-refractivity contribution is -0.147. The van der Waals surface area contributed by atoms with E-state index in [0.29, 0.717) is 18.6 Å². The van der Waals surface area contributed by atoms with E-state index in [-0.39, 0.29) is 17.8 Å². The van der Waals surface area contributed by atoms with E-state index in [4.69, 9.17) is 5.11 Å². The number of aliphatic carboxylic acids is 1. The summed E-state index contributed by atoms with van der Waals surface area (Å²) >= 11 is 0. The second kappa shape index (κ2) is 3.13. The van der Waals surface area contributed by atoms with Gasteiger partial charge < -0.3 is 5.11 Å². The first kappa shape index (κ1) is 8.73. The van der Waals surface area contributed by atoms with Gasteiger partial charge in [0.1, 0.15) is 5.78 Å². The van der Waals surface area contributed by atoms with E-state index in [1.54, 1.807) is 0 Å². The summed E-state index contributed by atoms with van der Waals surface area (Å²) < 4.78 is 0. The van der Waals surface area contributed by atoms with Gasteiger partial charge in [0, 0.05) is 11.8 Å². The Kier molecular flexibility index (Phi) is 2.10. The van der Waals surface area contributed by atoms with E-state index >= 15 is 0 Å². The third kappa shape index (κ3) is 1.47. The SMILES string of the molecule is O=C(O)[C@H]1C[C@H]2CCC[C@@H](C1)C2=O. The number of ketones is 1. The number of hydrogen-bond donors (Lipinski definition) is 1.